The van der Waals surface area contributed by atoms with Crippen molar-refractivity contribution in [3.05, 3.63) is 98.5 Å². The molecule has 0 aliphatic heterocycles. The lowest BCUT2D eigenvalue weighted by Crippen LogP contribution is -2.23. The van der Waals surface area contributed by atoms with Crippen LogP contribution in [0.2, 0.25) is 0 Å². The molecule has 0 atom stereocenters. The Hall–Kier alpha value is -3.33. The van der Waals surface area contributed by atoms with E-state index in [9.17, 15) is 4.79 Å². The number of H-pyrrole nitrogens is 1. The summed E-state index contributed by atoms with van der Waals surface area (Å²) < 4.78 is 0. The van der Waals surface area contributed by atoms with Gasteiger partial charge in [-0.2, -0.15) is 0 Å². The van der Waals surface area contributed by atoms with Crippen LogP contribution in [0, 0.1) is 6.92 Å². The molecular formula is C30H38N6OS. The fourth-order valence-corrected chi connectivity index (χ4v) is 5.44. The van der Waals surface area contributed by atoms with E-state index in [0.29, 0.717) is 18.7 Å². The van der Waals surface area contributed by atoms with Crippen molar-refractivity contribution in [2.24, 2.45) is 5.73 Å². The smallest absolute Gasteiger partial charge is 0.255 e. The molecule has 1 amide bonds. The van der Waals surface area contributed by atoms with Gasteiger partial charge < -0.3 is 16.0 Å². The zero-order valence-electron chi connectivity index (χ0n) is 22.6. The molecule has 0 aliphatic rings. The van der Waals surface area contributed by atoms with Crippen LogP contribution in [-0.2, 0) is 39.0 Å². The molecular weight excluding hydrogens is 492 g/mol. The number of nitrogens with one attached hydrogen (secondary N) is 2. The highest BCUT2D eigenvalue weighted by Gasteiger charge is 2.16. The van der Waals surface area contributed by atoms with Crippen LogP contribution in [0.25, 0.3) is 0 Å². The highest BCUT2D eigenvalue weighted by Crippen LogP contribution is 2.27. The van der Waals surface area contributed by atoms with Crippen LogP contribution in [0.4, 0.5) is 5.69 Å². The van der Waals surface area contributed by atoms with E-state index < -0.39 is 0 Å². The second-order valence-corrected chi connectivity index (χ2v) is 10.7. The number of thiazole rings is 1. The molecule has 0 bridgehead atoms. The quantitative estimate of drug-likeness (QED) is 0.197. The van der Waals surface area contributed by atoms with Gasteiger partial charge in [-0.3, -0.25) is 9.69 Å². The molecule has 4 aromatic rings. The second kappa shape index (κ2) is 13.5. The molecule has 2 aromatic carbocycles. The number of carbonyl (C=O) groups is 1. The Balaban J connectivity index is 1.48. The predicted octanol–water partition coefficient (Wildman–Crippen LogP) is 5.99. The second-order valence-electron chi connectivity index (χ2n) is 9.62. The molecule has 0 radical (unpaired) electrons. The van der Waals surface area contributed by atoms with Gasteiger partial charge in [0.2, 0.25) is 0 Å². The molecule has 4 N–H and O–H groups in total. The highest BCUT2D eigenvalue weighted by molar-refractivity contribution is 7.09. The summed E-state index contributed by atoms with van der Waals surface area (Å²) in [4.78, 5) is 27.7. The molecule has 0 fully saturated rings. The number of aromatic nitrogens is 3. The van der Waals surface area contributed by atoms with Gasteiger partial charge in [-0.15, -0.1) is 11.3 Å². The number of anilines is 1. The third-order valence-corrected chi connectivity index (χ3v) is 7.42. The third kappa shape index (κ3) is 7.16. The number of aryl methyl sites for hydroxylation is 1. The molecule has 200 valence electrons. The molecule has 0 spiro atoms. The van der Waals surface area contributed by atoms with Gasteiger partial charge >= 0.3 is 0 Å². The molecule has 4 rings (SSSR count). The molecule has 7 nitrogen and oxygen atoms in total. The Labute approximate surface area is 229 Å². The number of nitrogens with two attached hydrogens (primary N) is 1. The number of carbonyl (C=O) groups excluding carboxylic acids is 1. The molecule has 0 saturated heterocycles. The molecule has 0 unspecified atom stereocenters. The normalized spacial score (nSPS) is 11.3. The maximum atomic E-state index is 13.2. The maximum absolute atomic E-state index is 13.2. The van der Waals surface area contributed by atoms with Gasteiger partial charge in [0.05, 0.1) is 17.2 Å². The molecule has 38 heavy (non-hydrogen) atoms. The minimum Gasteiger partial charge on any atom is -0.348 e. The van der Waals surface area contributed by atoms with Crippen molar-refractivity contribution in [3.63, 3.8) is 0 Å². The lowest BCUT2D eigenvalue weighted by molar-refractivity contribution is 0.102. The third-order valence-electron chi connectivity index (χ3n) is 6.60. The fraction of sp³-hybridized carbons (Fsp3) is 0.367. The van der Waals surface area contributed by atoms with Crippen LogP contribution in [-0.4, -0.2) is 25.8 Å². The highest BCUT2D eigenvalue weighted by atomic mass is 32.1. The first-order valence-electron chi connectivity index (χ1n) is 13.4. The zero-order chi connectivity index (χ0) is 26.9. The van der Waals surface area contributed by atoms with Crippen molar-refractivity contribution in [3.8, 4) is 0 Å². The Bertz CT molecular complexity index is 1310. The summed E-state index contributed by atoms with van der Waals surface area (Å²) in [5.74, 6) is 0.821. The number of hydrogen-bond acceptors (Lipinski definition) is 6. The van der Waals surface area contributed by atoms with Gasteiger partial charge in [0.1, 0.15) is 5.82 Å². The molecule has 2 heterocycles. The van der Waals surface area contributed by atoms with Crippen LogP contribution >= 0.6 is 11.3 Å². The Morgan fingerprint density at radius 2 is 1.79 bits per heavy atom. The van der Waals surface area contributed by atoms with Crippen LogP contribution in [0.15, 0.2) is 54.2 Å². The van der Waals surface area contributed by atoms with Crippen molar-refractivity contribution < 1.29 is 4.79 Å². The lowest BCUT2D eigenvalue weighted by Gasteiger charge is -2.21. The number of hydrogen-bond donors (Lipinski definition) is 3. The summed E-state index contributed by atoms with van der Waals surface area (Å²) in [5, 5.41) is 6.35. The first-order chi connectivity index (χ1) is 18.5. The van der Waals surface area contributed by atoms with Crippen LogP contribution in [0.1, 0.15) is 75.8 Å². The number of imidazole rings is 1. The van der Waals surface area contributed by atoms with Gasteiger partial charge in [-0.1, -0.05) is 44.9 Å². The summed E-state index contributed by atoms with van der Waals surface area (Å²) in [6, 6.07) is 11.9. The van der Waals surface area contributed by atoms with E-state index >= 15 is 0 Å². The predicted molar refractivity (Wildman–Crippen MR) is 155 cm³/mol. The van der Waals surface area contributed by atoms with Crippen molar-refractivity contribution >= 4 is 22.9 Å². The maximum Gasteiger partial charge on any atom is 0.255 e. The number of amides is 1. The Morgan fingerprint density at radius 3 is 2.42 bits per heavy atom. The van der Waals surface area contributed by atoms with Gasteiger partial charge in [-0.25, -0.2) is 9.97 Å². The van der Waals surface area contributed by atoms with E-state index in [1.807, 2.05) is 43.5 Å². The SMILES string of the molecule is CCCc1c(CN)ccc(NC(=O)c2ccc(CN(Cc3csc(C)n3)Cc3ncc[nH]3)cc2)c1CCC. The average molecular weight is 531 g/mol. The van der Waals surface area contributed by atoms with Crippen molar-refractivity contribution in [1.29, 1.82) is 0 Å². The topological polar surface area (TPSA) is 99.9 Å². The molecule has 0 aliphatic carbocycles. The van der Waals surface area contributed by atoms with Gasteiger partial charge in [0.25, 0.3) is 5.91 Å². The first kappa shape index (κ1) is 27.7. The largest absolute Gasteiger partial charge is 0.348 e. The van der Waals surface area contributed by atoms with Crippen LogP contribution < -0.4 is 11.1 Å². The molecule has 2 aromatic heterocycles. The van der Waals surface area contributed by atoms with E-state index in [1.54, 1.807) is 17.5 Å². The monoisotopic (exact) mass is 530 g/mol. The van der Waals surface area contributed by atoms with E-state index in [0.717, 1.165) is 66.5 Å². The molecule has 0 saturated carbocycles. The molecule has 8 heteroatoms. The fourth-order valence-electron chi connectivity index (χ4n) is 4.83. The standard InChI is InChI=1S/C30H38N6OS/c1-4-6-26-24(16-31)12-13-28(27(26)7-5-2)35-30(37)23-10-8-22(9-11-23)17-36(19-29-32-14-15-33-29)18-25-20-38-21(3)34-25/h8-15,20H,4-7,16-19,31H2,1-3H3,(H,32,33)(H,35,37). The van der Waals surface area contributed by atoms with Crippen molar-refractivity contribution in [2.75, 3.05) is 5.32 Å². The summed E-state index contributed by atoms with van der Waals surface area (Å²) in [7, 11) is 0. The van der Waals surface area contributed by atoms with Crippen LogP contribution in [0.3, 0.4) is 0 Å². The van der Waals surface area contributed by atoms with Crippen molar-refractivity contribution in [2.45, 2.75) is 72.6 Å². The van der Waals surface area contributed by atoms with E-state index in [1.165, 1.54) is 16.7 Å². The first-order valence-corrected chi connectivity index (χ1v) is 14.2. The van der Waals surface area contributed by atoms with Gasteiger partial charge in [0.15, 0.2) is 0 Å². The van der Waals surface area contributed by atoms with Gasteiger partial charge in [-0.05, 0) is 60.2 Å². The average Bonchev–Trinajstić information content (AvgIpc) is 3.58. The van der Waals surface area contributed by atoms with E-state index in [4.69, 9.17) is 5.73 Å². The Kier molecular flexibility index (Phi) is 9.81. The summed E-state index contributed by atoms with van der Waals surface area (Å²) in [5.41, 5.74) is 13.4. The number of rotatable bonds is 13. The summed E-state index contributed by atoms with van der Waals surface area (Å²) in [6.45, 7) is 9.02. The Morgan fingerprint density at radius 1 is 1.03 bits per heavy atom. The summed E-state index contributed by atoms with van der Waals surface area (Å²) >= 11 is 1.66. The van der Waals surface area contributed by atoms with Crippen molar-refractivity contribution in [1.82, 2.24) is 19.9 Å². The summed E-state index contributed by atoms with van der Waals surface area (Å²) in [6.07, 6.45) is 7.55. The zero-order valence-corrected chi connectivity index (χ0v) is 23.4. The number of aromatic amines is 1. The van der Waals surface area contributed by atoms with Gasteiger partial charge in [0, 0.05) is 48.7 Å². The number of nitrogens with zero attached hydrogens (tertiary/aromatic N) is 3. The lowest BCUT2D eigenvalue weighted by atomic mass is 9.92. The minimum atomic E-state index is -0.0951. The minimum absolute atomic E-state index is 0.0951. The van der Waals surface area contributed by atoms with E-state index in [-0.39, 0.29) is 5.91 Å². The number of benzene rings is 2. The van der Waals surface area contributed by atoms with E-state index in [2.05, 4.69) is 50.5 Å². The van der Waals surface area contributed by atoms with Crippen LogP contribution in [0.5, 0.6) is 0 Å².